The van der Waals surface area contributed by atoms with Crippen molar-refractivity contribution in [3.8, 4) is 11.8 Å². The fraction of sp³-hybridized carbons (Fsp3) is 0. The zero-order valence-corrected chi connectivity index (χ0v) is 14.9. The molecule has 1 aromatic heterocycles. The van der Waals surface area contributed by atoms with Gasteiger partial charge in [-0.3, -0.25) is 14.2 Å². The molecule has 2 N–H and O–H groups in total. The van der Waals surface area contributed by atoms with Crippen LogP contribution in [0.15, 0.2) is 59.4 Å². The first kappa shape index (κ1) is 17.7. The van der Waals surface area contributed by atoms with Crippen molar-refractivity contribution >= 4 is 40.5 Å². The van der Waals surface area contributed by atoms with Crippen molar-refractivity contribution in [1.29, 1.82) is 5.26 Å². The number of nitrogens with two attached hydrogens (primary N) is 1. The number of carbonyl (C=O) groups excluding carboxylic acids is 1. The molecule has 7 heteroatoms. The Labute approximate surface area is 157 Å². The maximum atomic E-state index is 12.9. The number of amides is 1. The second kappa shape index (κ2) is 7.40. The number of benzene rings is 2. The van der Waals surface area contributed by atoms with Gasteiger partial charge in [0.2, 0.25) is 0 Å². The number of carbonyl (C=O) groups is 1. The van der Waals surface area contributed by atoms with E-state index in [2.05, 4.69) is 0 Å². The first-order chi connectivity index (χ1) is 12.5. The highest BCUT2D eigenvalue weighted by atomic mass is 35.5. The van der Waals surface area contributed by atoms with E-state index >= 15 is 0 Å². The molecule has 3 rings (SSSR count). The van der Waals surface area contributed by atoms with Gasteiger partial charge in [-0.1, -0.05) is 41.9 Å². The van der Waals surface area contributed by atoms with Crippen molar-refractivity contribution in [2.75, 3.05) is 0 Å². The molecule has 128 valence electrons. The van der Waals surface area contributed by atoms with Gasteiger partial charge in [0.25, 0.3) is 11.5 Å². The monoisotopic (exact) mass is 381 g/mol. The van der Waals surface area contributed by atoms with Crippen molar-refractivity contribution in [2.45, 2.75) is 0 Å². The molecule has 0 saturated heterocycles. The van der Waals surface area contributed by atoms with Gasteiger partial charge in [-0.15, -0.1) is 11.3 Å². The number of rotatable bonds is 3. The summed E-state index contributed by atoms with van der Waals surface area (Å²) in [7, 11) is 0. The van der Waals surface area contributed by atoms with Gasteiger partial charge in [-0.25, -0.2) is 0 Å². The van der Waals surface area contributed by atoms with Crippen LogP contribution in [0.4, 0.5) is 0 Å². The summed E-state index contributed by atoms with van der Waals surface area (Å²) in [6, 6.07) is 17.6. The number of aromatic nitrogens is 1. The number of thiazole rings is 1. The number of hydrogen-bond donors (Lipinski definition) is 1. The lowest BCUT2D eigenvalue weighted by Crippen LogP contribution is -2.32. The van der Waals surface area contributed by atoms with Gasteiger partial charge < -0.3 is 5.73 Å². The molecule has 5 nitrogen and oxygen atoms in total. The maximum absolute atomic E-state index is 12.9. The van der Waals surface area contributed by atoms with Crippen molar-refractivity contribution in [1.82, 2.24) is 4.57 Å². The molecule has 2 aromatic carbocycles. The third-order valence-corrected chi connectivity index (χ3v) is 4.92. The highest BCUT2D eigenvalue weighted by Crippen LogP contribution is 2.10. The minimum Gasteiger partial charge on any atom is -0.365 e. The van der Waals surface area contributed by atoms with Crippen LogP contribution in [0.2, 0.25) is 5.02 Å². The first-order valence-electron chi connectivity index (χ1n) is 7.50. The highest BCUT2D eigenvalue weighted by Gasteiger charge is 2.14. The summed E-state index contributed by atoms with van der Waals surface area (Å²) >= 11 is 6.93. The van der Waals surface area contributed by atoms with Crippen LogP contribution in [-0.2, 0) is 4.79 Å². The van der Waals surface area contributed by atoms with E-state index in [1.165, 1.54) is 4.57 Å². The summed E-state index contributed by atoms with van der Waals surface area (Å²) < 4.78 is 1.91. The van der Waals surface area contributed by atoms with E-state index in [4.69, 9.17) is 17.3 Å². The number of hydrogen-bond acceptors (Lipinski definition) is 4. The molecule has 0 aliphatic carbocycles. The zero-order chi connectivity index (χ0) is 18.7. The minimum atomic E-state index is -0.878. The molecule has 1 amide bonds. The molecule has 0 atom stereocenters. The molecule has 1 heterocycles. The summed E-state index contributed by atoms with van der Waals surface area (Å²) in [4.78, 5) is 24.6. The van der Waals surface area contributed by atoms with Crippen LogP contribution < -0.4 is 20.5 Å². The molecule has 0 aliphatic heterocycles. The third kappa shape index (κ3) is 3.45. The number of nitrogens with zero attached hydrogens (tertiary/aromatic N) is 2. The molecule has 26 heavy (non-hydrogen) atoms. The van der Waals surface area contributed by atoms with E-state index < -0.39 is 5.91 Å². The van der Waals surface area contributed by atoms with Gasteiger partial charge >= 0.3 is 0 Å². The van der Waals surface area contributed by atoms with Gasteiger partial charge in [0.1, 0.15) is 10.7 Å². The molecular weight excluding hydrogens is 370 g/mol. The van der Waals surface area contributed by atoms with Crippen LogP contribution >= 0.6 is 22.9 Å². The van der Waals surface area contributed by atoms with Gasteiger partial charge in [0, 0.05) is 5.02 Å². The maximum Gasteiger partial charge on any atom is 0.273 e. The Hall–Kier alpha value is -3.14. The van der Waals surface area contributed by atoms with Gasteiger partial charge in [-0.05, 0) is 35.9 Å². The summed E-state index contributed by atoms with van der Waals surface area (Å²) in [5.74, 6) is -0.878. The summed E-state index contributed by atoms with van der Waals surface area (Å²) in [6.45, 7) is 0. The minimum absolute atomic E-state index is 0.205. The van der Waals surface area contributed by atoms with E-state index in [-0.39, 0.29) is 15.8 Å². The molecule has 0 radical (unpaired) electrons. The van der Waals surface area contributed by atoms with Crippen molar-refractivity contribution in [3.05, 3.63) is 84.7 Å². The molecule has 0 bridgehead atoms. The fourth-order valence-corrected chi connectivity index (χ4v) is 3.62. The number of halogens is 1. The van der Waals surface area contributed by atoms with E-state index in [0.29, 0.717) is 15.2 Å². The van der Waals surface area contributed by atoms with Crippen molar-refractivity contribution in [2.24, 2.45) is 5.73 Å². The predicted molar refractivity (Wildman–Crippen MR) is 102 cm³/mol. The zero-order valence-electron chi connectivity index (χ0n) is 13.3. The third-order valence-electron chi connectivity index (χ3n) is 3.58. The smallest absolute Gasteiger partial charge is 0.273 e. The van der Waals surface area contributed by atoms with E-state index in [0.717, 1.165) is 16.9 Å². The van der Waals surface area contributed by atoms with Crippen LogP contribution in [-0.4, -0.2) is 10.5 Å². The molecule has 0 fully saturated rings. The molecule has 0 saturated carbocycles. The summed E-state index contributed by atoms with van der Waals surface area (Å²) in [5.41, 5.74) is 6.06. The van der Waals surface area contributed by atoms with Crippen molar-refractivity contribution < 1.29 is 4.79 Å². The molecule has 0 aliphatic rings. The van der Waals surface area contributed by atoms with Crippen LogP contribution in [0.1, 0.15) is 5.56 Å². The summed E-state index contributed by atoms with van der Waals surface area (Å²) in [6.07, 6.45) is 1.68. The molecular formula is C19H12ClN3O2S. The number of primary amides is 1. The SMILES string of the molecule is N#C/C(C(N)=O)=c1/s/c(=C/c2ccc(Cl)cc2)c(=O)n1-c1ccccc1. The Kier molecular flexibility index (Phi) is 5.03. The second-order valence-electron chi connectivity index (χ2n) is 5.29. The predicted octanol–water partition coefficient (Wildman–Crippen LogP) is 1.54. The molecule has 3 aromatic rings. The Morgan fingerprint density at radius 3 is 2.38 bits per heavy atom. The standard InChI is InChI=1S/C19H12ClN3O2S/c20-13-8-6-12(7-9-13)10-16-18(25)23(14-4-2-1-3-5-14)19(26-16)15(11-21)17(22)24/h1-10H,(H2,22,24)/b16-10+,19-15-. The van der Waals surface area contributed by atoms with Gasteiger partial charge in [0.15, 0.2) is 5.57 Å². The van der Waals surface area contributed by atoms with Crippen LogP contribution in [0.3, 0.4) is 0 Å². The average Bonchev–Trinajstić information content (AvgIpc) is 2.94. The van der Waals surface area contributed by atoms with Crippen molar-refractivity contribution in [3.63, 3.8) is 0 Å². The van der Waals surface area contributed by atoms with Crippen LogP contribution in [0.25, 0.3) is 17.3 Å². The Balaban J connectivity index is 2.39. The van der Waals surface area contributed by atoms with Crippen LogP contribution in [0, 0.1) is 11.3 Å². The lowest BCUT2D eigenvalue weighted by atomic mass is 10.2. The number of nitriles is 1. The first-order valence-corrected chi connectivity index (χ1v) is 8.69. The fourth-order valence-electron chi connectivity index (χ4n) is 2.38. The Morgan fingerprint density at radius 2 is 1.81 bits per heavy atom. The highest BCUT2D eigenvalue weighted by molar-refractivity contribution is 7.07. The quantitative estimate of drug-likeness (QED) is 0.746. The average molecular weight is 382 g/mol. The van der Waals surface area contributed by atoms with E-state index in [1.54, 1.807) is 60.7 Å². The second-order valence-corrected chi connectivity index (χ2v) is 6.76. The van der Waals surface area contributed by atoms with Gasteiger partial charge in [0.05, 0.1) is 10.2 Å². The Bertz CT molecular complexity index is 1190. The lowest BCUT2D eigenvalue weighted by molar-refractivity contribution is -0.112. The van der Waals surface area contributed by atoms with Gasteiger partial charge in [-0.2, -0.15) is 5.26 Å². The number of para-hydroxylation sites is 1. The Morgan fingerprint density at radius 1 is 1.15 bits per heavy atom. The van der Waals surface area contributed by atoms with Crippen LogP contribution in [0.5, 0.6) is 0 Å². The summed E-state index contributed by atoms with van der Waals surface area (Å²) in [5, 5.41) is 9.91. The largest absolute Gasteiger partial charge is 0.365 e. The molecule has 0 spiro atoms. The van der Waals surface area contributed by atoms with E-state index in [9.17, 15) is 14.9 Å². The normalized spacial score (nSPS) is 12.5. The lowest BCUT2D eigenvalue weighted by Gasteiger charge is -2.01. The van der Waals surface area contributed by atoms with E-state index in [1.807, 2.05) is 6.07 Å². The topological polar surface area (TPSA) is 88.9 Å². The molecule has 0 unspecified atom stereocenters.